The van der Waals surface area contributed by atoms with Crippen LogP contribution in [0.1, 0.15) is 12.5 Å². The molecule has 1 heterocycles. The topological polar surface area (TPSA) is 42.2 Å². The van der Waals surface area contributed by atoms with Crippen molar-refractivity contribution in [2.45, 2.75) is 13.5 Å². The summed E-state index contributed by atoms with van der Waals surface area (Å²) < 4.78 is 0. The first-order valence-electron chi connectivity index (χ1n) is 6.00. The Hall–Kier alpha value is -1.45. The summed E-state index contributed by atoms with van der Waals surface area (Å²) in [5.41, 5.74) is 8.72. The second-order valence-corrected chi connectivity index (χ2v) is 5.01. The van der Waals surface area contributed by atoms with E-state index in [1.807, 2.05) is 18.2 Å². The maximum absolute atomic E-state index is 6.07. The molecule has 1 aromatic heterocycles. The van der Waals surface area contributed by atoms with Crippen LogP contribution in [0.15, 0.2) is 36.7 Å². The first-order valence-corrected chi connectivity index (χ1v) is 6.75. The summed E-state index contributed by atoms with van der Waals surface area (Å²) in [6, 6.07) is 7.46. The number of halogens is 2. The zero-order valence-corrected chi connectivity index (χ0v) is 12.1. The third kappa shape index (κ3) is 3.31. The Morgan fingerprint density at radius 3 is 2.42 bits per heavy atom. The standard InChI is InChI=1S/C14H15Cl2N3/c1-2-19(9-10-3-5-18-6-4-10)14-8-12(16)11(15)7-13(14)17/h3-8H,2,9,17H2,1H3. The Morgan fingerprint density at radius 1 is 1.16 bits per heavy atom. The van der Waals surface area contributed by atoms with Gasteiger partial charge in [-0.3, -0.25) is 4.98 Å². The number of pyridine rings is 1. The monoisotopic (exact) mass is 295 g/mol. The second-order valence-electron chi connectivity index (χ2n) is 4.19. The van der Waals surface area contributed by atoms with Gasteiger partial charge in [-0.2, -0.15) is 0 Å². The molecule has 0 aliphatic carbocycles. The summed E-state index contributed by atoms with van der Waals surface area (Å²) in [6.07, 6.45) is 3.56. The minimum absolute atomic E-state index is 0.475. The van der Waals surface area contributed by atoms with Crippen LogP contribution in [0.2, 0.25) is 10.0 Å². The van der Waals surface area contributed by atoms with Crippen LogP contribution in [0.5, 0.6) is 0 Å². The van der Waals surface area contributed by atoms with Gasteiger partial charge in [0.05, 0.1) is 21.4 Å². The van der Waals surface area contributed by atoms with Crippen LogP contribution in [-0.4, -0.2) is 11.5 Å². The summed E-state index contributed by atoms with van der Waals surface area (Å²) in [4.78, 5) is 6.16. The van der Waals surface area contributed by atoms with Crippen LogP contribution in [0.25, 0.3) is 0 Å². The SMILES string of the molecule is CCN(Cc1ccncc1)c1cc(Cl)c(Cl)cc1N. The zero-order valence-electron chi connectivity index (χ0n) is 10.6. The number of hydrogen-bond donors (Lipinski definition) is 1. The summed E-state index contributed by atoms with van der Waals surface area (Å²) >= 11 is 12.0. The van der Waals surface area contributed by atoms with Gasteiger partial charge >= 0.3 is 0 Å². The fourth-order valence-corrected chi connectivity index (χ4v) is 2.23. The molecule has 0 bridgehead atoms. The predicted octanol–water partition coefficient (Wildman–Crippen LogP) is 4.00. The molecule has 0 atom stereocenters. The second kappa shape index (κ2) is 6.13. The van der Waals surface area contributed by atoms with E-state index in [1.54, 1.807) is 18.5 Å². The Balaban J connectivity index is 2.30. The number of hydrogen-bond acceptors (Lipinski definition) is 3. The lowest BCUT2D eigenvalue weighted by atomic mass is 10.2. The molecular formula is C14H15Cl2N3. The number of benzene rings is 1. The normalized spacial score (nSPS) is 10.5. The number of nitrogens with zero attached hydrogens (tertiary/aromatic N) is 2. The highest BCUT2D eigenvalue weighted by atomic mass is 35.5. The van der Waals surface area contributed by atoms with E-state index in [4.69, 9.17) is 28.9 Å². The van der Waals surface area contributed by atoms with Crippen molar-refractivity contribution < 1.29 is 0 Å². The average Bonchev–Trinajstić information content (AvgIpc) is 2.42. The lowest BCUT2D eigenvalue weighted by molar-refractivity contribution is 0.832. The largest absolute Gasteiger partial charge is 0.397 e. The van der Waals surface area contributed by atoms with Crippen molar-refractivity contribution in [3.05, 3.63) is 52.3 Å². The van der Waals surface area contributed by atoms with Crippen molar-refractivity contribution in [3.8, 4) is 0 Å². The first-order chi connectivity index (χ1) is 9.11. The van der Waals surface area contributed by atoms with Crippen LogP contribution in [0.3, 0.4) is 0 Å². The quantitative estimate of drug-likeness (QED) is 0.867. The van der Waals surface area contributed by atoms with Crippen molar-refractivity contribution in [2.24, 2.45) is 0 Å². The van der Waals surface area contributed by atoms with Gasteiger partial charge in [0.2, 0.25) is 0 Å². The molecular weight excluding hydrogens is 281 g/mol. The van der Waals surface area contributed by atoms with E-state index in [0.717, 1.165) is 18.8 Å². The van der Waals surface area contributed by atoms with Crippen LogP contribution in [0.4, 0.5) is 11.4 Å². The molecule has 0 fully saturated rings. The fourth-order valence-electron chi connectivity index (χ4n) is 1.90. The molecule has 0 amide bonds. The molecule has 2 N–H and O–H groups in total. The van der Waals surface area contributed by atoms with Crippen LogP contribution >= 0.6 is 23.2 Å². The smallest absolute Gasteiger partial charge is 0.0618 e. The molecule has 0 aliphatic rings. The Labute approximate surface area is 123 Å². The predicted molar refractivity (Wildman–Crippen MR) is 81.8 cm³/mol. The Bertz CT molecular complexity index is 558. The molecule has 3 nitrogen and oxygen atoms in total. The van der Waals surface area contributed by atoms with E-state index < -0.39 is 0 Å². The van der Waals surface area contributed by atoms with E-state index in [1.165, 1.54) is 5.56 Å². The number of nitrogen functional groups attached to an aromatic ring is 1. The molecule has 0 spiro atoms. The number of aromatic nitrogens is 1. The van der Waals surface area contributed by atoms with Gasteiger partial charge in [-0.1, -0.05) is 23.2 Å². The molecule has 0 aliphatic heterocycles. The first kappa shape index (κ1) is 14.0. The van der Waals surface area contributed by atoms with Gasteiger partial charge in [-0.05, 0) is 36.8 Å². The van der Waals surface area contributed by atoms with Gasteiger partial charge in [-0.25, -0.2) is 0 Å². The average molecular weight is 296 g/mol. The summed E-state index contributed by atoms with van der Waals surface area (Å²) in [5, 5.41) is 0.988. The summed E-state index contributed by atoms with van der Waals surface area (Å²) in [7, 11) is 0. The number of rotatable bonds is 4. The van der Waals surface area contributed by atoms with Gasteiger partial charge in [0.15, 0.2) is 0 Å². The van der Waals surface area contributed by atoms with Crippen LogP contribution < -0.4 is 10.6 Å². The van der Waals surface area contributed by atoms with Crippen LogP contribution in [0, 0.1) is 0 Å². The third-order valence-electron chi connectivity index (χ3n) is 2.91. The Morgan fingerprint density at radius 2 is 1.79 bits per heavy atom. The molecule has 5 heteroatoms. The van der Waals surface area contributed by atoms with E-state index in [2.05, 4.69) is 16.8 Å². The minimum atomic E-state index is 0.475. The highest BCUT2D eigenvalue weighted by Crippen LogP contribution is 2.33. The van der Waals surface area contributed by atoms with Crippen molar-refractivity contribution in [1.82, 2.24) is 4.98 Å². The molecule has 0 radical (unpaired) electrons. The van der Waals surface area contributed by atoms with E-state index in [-0.39, 0.29) is 0 Å². The molecule has 1 aromatic carbocycles. The molecule has 0 unspecified atom stereocenters. The molecule has 100 valence electrons. The van der Waals surface area contributed by atoms with Gasteiger partial charge in [0, 0.05) is 25.5 Å². The maximum atomic E-state index is 6.07. The van der Waals surface area contributed by atoms with Gasteiger partial charge in [0.25, 0.3) is 0 Å². The van der Waals surface area contributed by atoms with E-state index >= 15 is 0 Å². The molecule has 0 saturated carbocycles. The van der Waals surface area contributed by atoms with E-state index in [0.29, 0.717) is 15.7 Å². The third-order valence-corrected chi connectivity index (χ3v) is 3.64. The number of anilines is 2. The molecule has 19 heavy (non-hydrogen) atoms. The molecule has 0 saturated heterocycles. The highest BCUT2D eigenvalue weighted by molar-refractivity contribution is 6.42. The van der Waals surface area contributed by atoms with E-state index in [9.17, 15) is 0 Å². The Kier molecular flexibility index (Phi) is 4.51. The van der Waals surface area contributed by atoms with Gasteiger partial charge < -0.3 is 10.6 Å². The molecule has 2 aromatic rings. The van der Waals surface area contributed by atoms with Crippen LogP contribution in [-0.2, 0) is 6.54 Å². The lowest BCUT2D eigenvalue weighted by Crippen LogP contribution is -2.23. The minimum Gasteiger partial charge on any atom is -0.397 e. The van der Waals surface area contributed by atoms with Crippen molar-refractivity contribution in [2.75, 3.05) is 17.2 Å². The summed E-state index contributed by atoms with van der Waals surface area (Å²) in [5.74, 6) is 0. The van der Waals surface area contributed by atoms with Gasteiger partial charge in [-0.15, -0.1) is 0 Å². The maximum Gasteiger partial charge on any atom is 0.0618 e. The van der Waals surface area contributed by atoms with Crippen molar-refractivity contribution in [1.29, 1.82) is 0 Å². The summed E-state index contributed by atoms with van der Waals surface area (Å²) in [6.45, 7) is 3.65. The van der Waals surface area contributed by atoms with Crippen molar-refractivity contribution in [3.63, 3.8) is 0 Å². The van der Waals surface area contributed by atoms with Gasteiger partial charge in [0.1, 0.15) is 0 Å². The highest BCUT2D eigenvalue weighted by Gasteiger charge is 2.11. The lowest BCUT2D eigenvalue weighted by Gasteiger charge is -2.25. The number of nitrogens with two attached hydrogens (primary N) is 1. The zero-order chi connectivity index (χ0) is 13.8. The molecule has 2 rings (SSSR count). The fraction of sp³-hybridized carbons (Fsp3) is 0.214. The van der Waals surface area contributed by atoms with Crippen molar-refractivity contribution >= 4 is 34.6 Å².